The molecule has 0 bridgehead atoms. The van der Waals surface area contributed by atoms with Crippen molar-refractivity contribution in [2.24, 2.45) is 0 Å². The number of carbonyl (C=O) groups excluding carboxylic acids is 1. The summed E-state index contributed by atoms with van der Waals surface area (Å²) in [6, 6.07) is 11.4. The molecule has 3 heterocycles. The Morgan fingerprint density at radius 1 is 1.05 bits per heavy atom. The number of carbonyl (C=O) groups is 1. The van der Waals surface area contributed by atoms with Gasteiger partial charge in [-0.25, -0.2) is 13.8 Å². The van der Waals surface area contributed by atoms with Crippen LogP contribution in [0.5, 0.6) is 17.4 Å². The quantitative estimate of drug-likeness (QED) is 0.339. The van der Waals surface area contributed by atoms with E-state index in [1.54, 1.807) is 24.3 Å². The lowest BCUT2D eigenvalue weighted by molar-refractivity contribution is 0.0784. The van der Waals surface area contributed by atoms with Gasteiger partial charge in [-0.15, -0.1) is 0 Å². The van der Waals surface area contributed by atoms with Crippen LogP contribution in [0.25, 0.3) is 17.1 Å². The lowest BCUT2D eigenvalue weighted by Crippen LogP contribution is -2.36. The number of nitrogens with zero attached hydrogens (tertiary/aromatic N) is 4. The number of methoxy groups -OCH3 is 2. The SMILES string of the molecule is COc1cccc(OC)c1-n1c(-c2ccc(Cl)nc2)nc(O)c(C(=O)N2CCC(c3c(F)cccc3F)C2)c1=O. The minimum Gasteiger partial charge on any atom is -0.494 e. The molecule has 40 heavy (non-hydrogen) atoms. The first-order valence-corrected chi connectivity index (χ1v) is 12.5. The van der Waals surface area contributed by atoms with E-state index < -0.39 is 40.5 Å². The van der Waals surface area contributed by atoms with Crippen molar-refractivity contribution < 1.29 is 28.2 Å². The Hall–Kier alpha value is -4.51. The predicted molar refractivity (Wildman–Crippen MR) is 142 cm³/mol. The van der Waals surface area contributed by atoms with E-state index in [-0.39, 0.29) is 53.2 Å². The summed E-state index contributed by atoms with van der Waals surface area (Å²) in [5.74, 6) is -3.30. The maximum absolute atomic E-state index is 14.4. The summed E-state index contributed by atoms with van der Waals surface area (Å²) in [5, 5.41) is 11.1. The smallest absolute Gasteiger partial charge is 0.275 e. The largest absolute Gasteiger partial charge is 0.494 e. The van der Waals surface area contributed by atoms with Gasteiger partial charge in [-0.1, -0.05) is 23.7 Å². The molecular formula is C28H23ClF2N4O5. The van der Waals surface area contributed by atoms with Crippen molar-refractivity contribution in [1.29, 1.82) is 0 Å². The first-order chi connectivity index (χ1) is 19.2. The summed E-state index contributed by atoms with van der Waals surface area (Å²) < 4.78 is 40.9. The number of rotatable bonds is 6. The lowest BCUT2D eigenvalue weighted by Gasteiger charge is -2.21. The molecule has 1 atom stereocenters. The van der Waals surface area contributed by atoms with Gasteiger partial charge in [-0.3, -0.25) is 14.2 Å². The first kappa shape index (κ1) is 27.1. The number of ether oxygens (including phenoxy) is 2. The van der Waals surface area contributed by atoms with E-state index in [1.165, 1.54) is 37.4 Å². The van der Waals surface area contributed by atoms with Crippen LogP contribution in [0.4, 0.5) is 8.78 Å². The average Bonchev–Trinajstić information content (AvgIpc) is 3.42. The third-order valence-electron chi connectivity index (χ3n) is 6.77. The fraction of sp³-hybridized carbons (Fsp3) is 0.214. The summed E-state index contributed by atoms with van der Waals surface area (Å²) in [5.41, 5.74) is -1.21. The van der Waals surface area contributed by atoms with Crippen molar-refractivity contribution in [3.8, 4) is 34.5 Å². The summed E-state index contributed by atoms with van der Waals surface area (Å²) in [4.78, 5) is 37.3. The van der Waals surface area contributed by atoms with Gasteiger partial charge in [0.2, 0.25) is 5.88 Å². The molecule has 1 saturated heterocycles. The van der Waals surface area contributed by atoms with Crippen LogP contribution in [-0.4, -0.2) is 57.8 Å². The van der Waals surface area contributed by atoms with Crippen LogP contribution in [-0.2, 0) is 0 Å². The number of aromatic hydroxyl groups is 1. The number of halogens is 3. The number of benzene rings is 2. The molecule has 0 aliphatic carbocycles. The number of pyridine rings is 1. The Balaban J connectivity index is 1.66. The summed E-state index contributed by atoms with van der Waals surface area (Å²) >= 11 is 5.94. The molecule has 1 N–H and O–H groups in total. The highest BCUT2D eigenvalue weighted by Crippen LogP contribution is 2.36. The molecule has 5 rings (SSSR count). The van der Waals surface area contributed by atoms with Crippen LogP contribution in [0.1, 0.15) is 28.3 Å². The zero-order valence-corrected chi connectivity index (χ0v) is 22.2. The van der Waals surface area contributed by atoms with Crippen molar-refractivity contribution in [3.05, 3.63) is 93.0 Å². The second kappa shape index (κ2) is 10.9. The van der Waals surface area contributed by atoms with E-state index in [4.69, 9.17) is 21.1 Å². The molecule has 0 spiro atoms. The standard InChI is InChI=1S/C28H23ClF2N4O5/c1-39-19-7-4-8-20(40-2)24(19)35-25(15-9-10-21(29)32-13-15)33-26(36)23(28(35)38)27(37)34-12-11-16(14-34)22-17(30)5-3-6-18(22)31/h3-10,13,16,36H,11-12,14H2,1-2H3. The molecular weight excluding hydrogens is 546 g/mol. The van der Waals surface area contributed by atoms with E-state index in [1.807, 2.05) is 0 Å². The maximum atomic E-state index is 14.4. The van der Waals surface area contributed by atoms with E-state index >= 15 is 0 Å². The molecule has 9 nitrogen and oxygen atoms in total. The summed E-state index contributed by atoms with van der Waals surface area (Å²) in [6.45, 7) is 0.0490. The second-order valence-electron chi connectivity index (χ2n) is 9.03. The third-order valence-corrected chi connectivity index (χ3v) is 7.00. The Morgan fingerprint density at radius 2 is 1.70 bits per heavy atom. The van der Waals surface area contributed by atoms with Gasteiger partial charge in [-0.05, 0) is 42.8 Å². The van der Waals surface area contributed by atoms with Gasteiger partial charge < -0.3 is 19.5 Å². The Labute approximate surface area is 232 Å². The highest BCUT2D eigenvalue weighted by Gasteiger charge is 2.35. The predicted octanol–water partition coefficient (Wildman–Crippen LogP) is 4.58. The number of hydrogen-bond donors (Lipinski definition) is 1. The Morgan fingerprint density at radius 3 is 2.30 bits per heavy atom. The number of aromatic nitrogens is 3. The Kier molecular flexibility index (Phi) is 7.40. The molecule has 1 unspecified atom stereocenters. The van der Waals surface area contributed by atoms with Gasteiger partial charge in [0, 0.05) is 36.3 Å². The molecule has 206 valence electrons. The van der Waals surface area contributed by atoms with Crippen LogP contribution in [0, 0.1) is 11.6 Å². The van der Waals surface area contributed by atoms with Crippen LogP contribution in [0.2, 0.25) is 5.15 Å². The van der Waals surface area contributed by atoms with Gasteiger partial charge in [0.05, 0.1) is 14.2 Å². The molecule has 0 radical (unpaired) electrons. The van der Waals surface area contributed by atoms with Gasteiger partial charge in [-0.2, -0.15) is 4.98 Å². The zero-order valence-electron chi connectivity index (χ0n) is 21.4. The molecule has 2 aromatic heterocycles. The third kappa shape index (κ3) is 4.73. The van der Waals surface area contributed by atoms with E-state index in [2.05, 4.69) is 9.97 Å². The molecule has 1 fully saturated rings. The van der Waals surface area contributed by atoms with Gasteiger partial charge >= 0.3 is 0 Å². The normalized spacial score (nSPS) is 14.8. The first-order valence-electron chi connectivity index (χ1n) is 12.2. The Bertz CT molecular complexity index is 1620. The van der Waals surface area contributed by atoms with Crippen molar-refractivity contribution in [3.63, 3.8) is 0 Å². The highest BCUT2D eigenvalue weighted by molar-refractivity contribution is 6.29. The lowest BCUT2D eigenvalue weighted by atomic mass is 9.97. The van der Waals surface area contributed by atoms with Gasteiger partial charge in [0.1, 0.15) is 34.0 Å². The van der Waals surface area contributed by atoms with Gasteiger partial charge in [0.15, 0.2) is 11.4 Å². The summed E-state index contributed by atoms with van der Waals surface area (Å²) in [7, 11) is 2.80. The molecule has 4 aromatic rings. The number of para-hydroxylation sites is 1. The zero-order chi connectivity index (χ0) is 28.6. The number of likely N-dealkylation sites (tertiary alicyclic amines) is 1. The molecule has 12 heteroatoms. The number of amides is 1. The average molecular weight is 569 g/mol. The fourth-order valence-corrected chi connectivity index (χ4v) is 5.01. The molecule has 1 aliphatic heterocycles. The van der Waals surface area contributed by atoms with Crippen LogP contribution in [0.15, 0.2) is 59.5 Å². The van der Waals surface area contributed by atoms with Crippen LogP contribution >= 0.6 is 11.6 Å². The fourth-order valence-electron chi connectivity index (χ4n) is 4.90. The van der Waals surface area contributed by atoms with Crippen LogP contribution in [0.3, 0.4) is 0 Å². The molecule has 0 saturated carbocycles. The van der Waals surface area contributed by atoms with Gasteiger partial charge in [0.25, 0.3) is 11.5 Å². The molecule has 1 aliphatic rings. The summed E-state index contributed by atoms with van der Waals surface area (Å²) in [6.07, 6.45) is 1.62. The van der Waals surface area contributed by atoms with Crippen molar-refractivity contribution in [2.75, 3.05) is 27.3 Å². The van der Waals surface area contributed by atoms with Crippen molar-refractivity contribution in [2.45, 2.75) is 12.3 Å². The van der Waals surface area contributed by atoms with Crippen LogP contribution < -0.4 is 15.0 Å². The maximum Gasteiger partial charge on any atom is 0.275 e. The van der Waals surface area contributed by atoms with E-state index in [0.29, 0.717) is 5.56 Å². The molecule has 2 aromatic carbocycles. The van der Waals surface area contributed by atoms with Crippen molar-refractivity contribution in [1.82, 2.24) is 19.4 Å². The van der Waals surface area contributed by atoms with Crippen molar-refractivity contribution >= 4 is 17.5 Å². The minimum atomic E-state index is -0.911. The minimum absolute atomic E-state index is 0.0567. The van der Waals surface area contributed by atoms with E-state index in [0.717, 1.165) is 16.7 Å². The number of hydrogen-bond acceptors (Lipinski definition) is 7. The van der Waals surface area contributed by atoms with E-state index in [9.17, 15) is 23.5 Å². The second-order valence-corrected chi connectivity index (χ2v) is 9.41. The topological polar surface area (TPSA) is 107 Å². The monoisotopic (exact) mass is 568 g/mol. The molecule has 1 amide bonds. The highest BCUT2D eigenvalue weighted by atomic mass is 35.5.